The van der Waals surface area contributed by atoms with E-state index in [0.717, 1.165) is 4.57 Å². The molecular weight excluding hydrogens is 276 g/mol. The second kappa shape index (κ2) is 4.54. The van der Waals surface area contributed by atoms with Crippen LogP contribution in [0.2, 0.25) is 0 Å². The van der Waals surface area contributed by atoms with E-state index >= 15 is 0 Å². The summed E-state index contributed by atoms with van der Waals surface area (Å²) in [5, 5.41) is 17.5. The molecule has 0 fully saturated rings. The normalized spacial score (nSPS) is 11.1. The molecule has 0 unspecified atom stereocenters. The fraction of sp³-hybridized carbons (Fsp3) is 0.250. The van der Waals surface area contributed by atoms with Gasteiger partial charge in [-0.3, -0.25) is 18.8 Å². The highest BCUT2D eigenvalue weighted by Crippen LogP contribution is 2.23. The van der Waals surface area contributed by atoms with E-state index in [1.54, 1.807) is 31.2 Å². The number of aryl methyl sites for hydroxylation is 2. The summed E-state index contributed by atoms with van der Waals surface area (Å²) >= 11 is 0. The molecule has 3 heterocycles. The van der Waals surface area contributed by atoms with Crippen molar-refractivity contribution in [2.75, 3.05) is 0 Å². The molecule has 0 aliphatic carbocycles. The van der Waals surface area contributed by atoms with Gasteiger partial charge in [0, 0.05) is 25.9 Å². The van der Waals surface area contributed by atoms with Crippen LogP contribution in [0.5, 0.6) is 0 Å². The Labute approximate surface area is 118 Å². The quantitative estimate of drug-likeness (QED) is 0.703. The summed E-state index contributed by atoms with van der Waals surface area (Å²) < 4.78 is 4.14. The Kier molecular flexibility index (Phi) is 2.82. The number of carbonyl (C=O) groups is 1. The molecule has 3 rings (SSSR count). The summed E-state index contributed by atoms with van der Waals surface area (Å²) in [6.45, 7) is -0.441. The lowest BCUT2D eigenvalue weighted by Crippen LogP contribution is -2.24. The maximum Gasteiger partial charge on any atom is 0.323 e. The van der Waals surface area contributed by atoms with Gasteiger partial charge in [0.2, 0.25) is 0 Å². The van der Waals surface area contributed by atoms with Crippen molar-refractivity contribution in [3.05, 3.63) is 29.1 Å². The molecule has 9 nitrogen and oxygen atoms in total. The Bertz CT molecular complexity index is 903. The van der Waals surface area contributed by atoms with E-state index in [9.17, 15) is 9.59 Å². The van der Waals surface area contributed by atoms with Crippen LogP contribution in [0.3, 0.4) is 0 Å². The third kappa shape index (κ3) is 2.08. The molecular formula is C12H12N6O3. The van der Waals surface area contributed by atoms with Crippen molar-refractivity contribution in [1.29, 1.82) is 0 Å². The number of hydrogen-bond donors (Lipinski definition) is 1. The molecule has 0 saturated heterocycles. The topological polar surface area (TPSA) is 108 Å². The van der Waals surface area contributed by atoms with Gasteiger partial charge in [0.1, 0.15) is 24.0 Å². The van der Waals surface area contributed by atoms with Crippen LogP contribution >= 0.6 is 0 Å². The van der Waals surface area contributed by atoms with Gasteiger partial charge in [-0.15, -0.1) is 0 Å². The Balaban J connectivity index is 2.31. The minimum Gasteiger partial charge on any atom is -0.480 e. The summed E-state index contributed by atoms with van der Waals surface area (Å²) in [5.74, 6) is -1.11. The van der Waals surface area contributed by atoms with E-state index < -0.39 is 18.1 Å². The number of aliphatic carboxylic acids is 1. The second-order valence-electron chi connectivity index (χ2n) is 4.64. The van der Waals surface area contributed by atoms with E-state index in [1.165, 1.54) is 11.0 Å². The number of nitrogens with zero attached hydrogens (tertiary/aromatic N) is 6. The van der Waals surface area contributed by atoms with Gasteiger partial charge in [-0.1, -0.05) is 0 Å². The average molecular weight is 288 g/mol. The molecule has 3 aromatic heterocycles. The maximum absolute atomic E-state index is 12.5. The number of fused-ring (bicyclic) bond motifs is 1. The molecule has 0 aliphatic heterocycles. The molecule has 0 bridgehead atoms. The molecule has 9 heteroatoms. The fourth-order valence-electron chi connectivity index (χ4n) is 2.18. The van der Waals surface area contributed by atoms with E-state index in [1.807, 2.05) is 0 Å². The lowest BCUT2D eigenvalue weighted by Gasteiger charge is -2.01. The number of aromatic nitrogens is 6. The third-order valence-corrected chi connectivity index (χ3v) is 3.09. The van der Waals surface area contributed by atoms with Crippen molar-refractivity contribution in [3.63, 3.8) is 0 Å². The van der Waals surface area contributed by atoms with E-state index in [2.05, 4.69) is 15.2 Å². The van der Waals surface area contributed by atoms with Gasteiger partial charge in [0.05, 0.1) is 6.20 Å². The van der Waals surface area contributed by atoms with Crippen LogP contribution in [-0.4, -0.2) is 40.2 Å². The van der Waals surface area contributed by atoms with Crippen molar-refractivity contribution < 1.29 is 9.90 Å². The number of hydrogen-bond acceptors (Lipinski definition) is 5. The van der Waals surface area contributed by atoms with Gasteiger partial charge >= 0.3 is 5.97 Å². The van der Waals surface area contributed by atoms with Gasteiger partial charge < -0.3 is 5.11 Å². The SMILES string of the molecule is Cn1cc(-c2nn(C)c3ncn(CC(=O)O)c(=O)c23)cn1. The Morgan fingerprint density at radius 3 is 2.76 bits per heavy atom. The predicted octanol–water partition coefficient (Wildman–Crippen LogP) is -0.385. The highest BCUT2D eigenvalue weighted by Gasteiger charge is 2.18. The molecule has 108 valence electrons. The molecule has 3 aromatic rings. The molecule has 0 radical (unpaired) electrons. The van der Waals surface area contributed by atoms with Gasteiger partial charge in [0.25, 0.3) is 5.56 Å². The van der Waals surface area contributed by atoms with Crippen LogP contribution < -0.4 is 5.56 Å². The first kappa shape index (κ1) is 13.0. The summed E-state index contributed by atoms with van der Waals surface area (Å²) in [4.78, 5) is 27.4. The van der Waals surface area contributed by atoms with Gasteiger partial charge in [-0.2, -0.15) is 10.2 Å². The van der Waals surface area contributed by atoms with Crippen LogP contribution in [0.15, 0.2) is 23.5 Å². The van der Waals surface area contributed by atoms with Crippen molar-refractivity contribution in [1.82, 2.24) is 29.1 Å². The molecule has 0 aromatic carbocycles. The van der Waals surface area contributed by atoms with Crippen LogP contribution in [0.1, 0.15) is 0 Å². The molecule has 0 spiro atoms. The Morgan fingerprint density at radius 2 is 2.14 bits per heavy atom. The largest absolute Gasteiger partial charge is 0.480 e. The first-order valence-electron chi connectivity index (χ1n) is 6.10. The van der Waals surface area contributed by atoms with E-state index in [4.69, 9.17) is 5.11 Å². The molecule has 0 aliphatic rings. The lowest BCUT2D eigenvalue weighted by atomic mass is 10.2. The lowest BCUT2D eigenvalue weighted by molar-refractivity contribution is -0.137. The smallest absolute Gasteiger partial charge is 0.323 e. The van der Waals surface area contributed by atoms with Crippen LogP contribution in [0.25, 0.3) is 22.3 Å². The predicted molar refractivity (Wildman–Crippen MR) is 72.6 cm³/mol. The Hall–Kier alpha value is -2.97. The standard InChI is InChI=1S/C12H12N6O3/c1-16-4-7(3-14-16)10-9-11(17(2)15-10)13-6-18(12(9)21)5-8(19)20/h3-4,6H,5H2,1-2H3,(H,19,20). The number of carboxylic acid groups (broad SMARTS) is 1. The van der Waals surface area contributed by atoms with Crippen LogP contribution in [-0.2, 0) is 25.4 Å². The summed E-state index contributed by atoms with van der Waals surface area (Å²) in [6.07, 6.45) is 4.54. The highest BCUT2D eigenvalue weighted by molar-refractivity contribution is 5.90. The molecule has 0 saturated carbocycles. The number of carboxylic acids is 1. The van der Waals surface area contributed by atoms with E-state index in [-0.39, 0.29) is 5.39 Å². The Morgan fingerprint density at radius 1 is 1.38 bits per heavy atom. The van der Waals surface area contributed by atoms with Crippen molar-refractivity contribution >= 4 is 17.0 Å². The monoisotopic (exact) mass is 288 g/mol. The average Bonchev–Trinajstić information content (AvgIpc) is 2.97. The first-order chi connectivity index (χ1) is 9.97. The number of rotatable bonds is 3. The van der Waals surface area contributed by atoms with Gasteiger partial charge in [0.15, 0.2) is 5.65 Å². The van der Waals surface area contributed by atoms with Crippen LogP contribution in [0, 0.1) is 0 Å². The molecule has 0 atom stereocenters. The zero-order chi connectivity index (χ0) is 15.1. The molecule has 1 N–H and O–H groups in total. The summed E-state index contributed by atoms with van der Waals surface area (Å²) in [7, 11) is 3.44. The third-order valence-electron chi connectivity index (χ3n) is 3.09. The van der Waals surface area contributed by atoms with Crippen molar-refractivity contribution in [2.45, 2.75) is 6.54 Å². The van der Waals surface area contributed by atoms with Gasteiger partial charge in [-0.25, -0.2) is 9.67 Å². The molecule has 0 amide bonds. The van der Waals surface area contributed by atoms with Gasteiger partial charge in [-0.05, 0) is 0 Å². The minimum absolute atomic E-state index is 0.286. The first-order valence-corrected chi connectivity index (χ1v) is 6.10. The van der Waals surface area contributed by atoms with Crippen molar-refractivity contribution in [3.8, 4) is 11.3 Å². The zero-order valence-corrected chi connectivity index (χ0v) is 11.4. The summed E-state index contributed by atoms with van der Waals surface area (Å²) in [5.41, 5.74) is 1.09. The second-order valence-corrected chi connectivity index (χ2v) is 4.64. The summed E-state index contributed by atoms with van der Waals surface area (Å²) in [6, 6.07) is 0. The fourth-order valence-corrected chi connectivity index (χ4v) is 2.18. The van der Waals surface area contributed by atoms with E-state index in [0.29, 0.717) is 16.9 Å². The highest BCUT2D eigenvalue weighted by atomic mass is 16.4. The minimum atomic E-state index is -1.11. The maximum atomic E-state index is 12.5. The van der Waals surface area contributed by atoms with Crippen molar-refractivity contribution in [2.24, 2.45) is 14.1 Å². The van der Waals surface area contributed by atoms with Crippen LogP contribution in [0.4, 0.5) is 0 Å². The zero-order valence-electron chi connectivity index (χ0n) is 11.4. The molecule has 21 heavy (non-hydrogen) atoms.